The van der Waals surface area contributed by atoms with E-state index in [9.17, 15) is 10.1 Å². The first-order valence-electron chi connectivity index (χ1n) is 6.25. The van der Waals surface area contributed by atoms with Crippen molar-refractivity contribution in [1.29, 1.82) is 0 Å². The van der Waals surface area contributed by atoms with Crippen LogP contribution in [0.1, 0.15) is 18.4 Å². The number of hydrogen-bond acceptors (Lipinski definition) is 4. The second-order valence-electron chi connectivity index (χ2n) is 4.73. The van der Waals surface area contributed by atoms with Crippen molar-refractivity contribution in [2.45, 2.75) is 19.8 Å². The van der Waals surface area contributed by atoms with E-state index in [4.69, 9.17) is 4.74 Å². The Labute approximate surface area is 106 Å². The molecule has 98 valence electrons. The molecule has 0 saturated carbocycles. The van der Waals surface area contributed by atoms with E-state index in [1.54, 1.807) is 12.1 Å². The van der Waals surface area contributed by atoms with E-state index in [0.717, 1.165) is 31.5 Å². The molecular weight excluding hydrogens is 232 g/mol. The van der Waals surface area contributed by atoms with Crippen LogP contribution in [0.2, 0.25) is 0 Å². The van der Waals surface area contributed by atoms with Crippen LogP contribution in [0.4, 0.5) is 5.69 Å². The van der Waals surface area contributed by atoms with Crippen molar-refractivity contribution >= 4 is 5.69 Å². The minimum atomic E-state index is -0.384. The van der Waals surface area contributed by atoms with E-state index >= 15 is 0 Å². The molecule has 1 aromatic rings. The summed E-state index contributed by atoms with van der Waals surface area (Å²) >= 11 is 0. The van der Waals surface area contributed by atoms with Crippen molar-refractivity contribution in [1.82, 2.24) is 5.32 Å². The Bertz CT molecular complexity index is 428. The number of nitro groups is 1. The van der Waals surface area contributed by atoms with Crippen LogP contribution in [0.15, 0.2) is 18.2 Å². The maximum atomic E-state index is 10.9. The number of rotatable bonds is 4. The number of benzene rings is 1. The monoisotopic (exact) mass is 250 g/mol. The normalized spacial score (nSPS) is 16.5. The highest BCUT2D eigenvalue weighted by molar-refractivity contribution is 5.48. The summed E-state index contributed by atoms with van der Waals surface area (Å²) in [6.45, 7) is 4.41. The number of nitrogens with zero attached hydrogens (tertiary/aromatic N) is 1. The number of piperidine rings is 1. The lowest BCUT2D eigenvalue weighted by molar-refractivity contribution is -0.386. The molecule has 2 rings (SSSR count). The second kappa shape index (κ2) is 5.82. The van der Waals surface area contributed by atoms with Gasteiger partial charge in [-0.05, 0) is 50.4 Å². The molecule has 0 radical (unpaired) electrons. The van der Waals surface area contributed by atoms with Gasteiger partial charge in [0.05, 0.1) is 11.5 Å². The van der Waals surface area contributed by atoms with Crippen LogP contribution in [0, 0.1) is 23.0 Å². The quantitative estimate of drug-likeness (QED) is 0.657. The van der Waals surface area contributed by atoms with E-state index < -0.39 is 0 Å². The number of nitrogens with one attached hydrogen (secondary N) is 1. The fourth-order valence-corrected chi connectivity index (χ4v) is 2.15. The van der Waals surface area contributed by atoms with E-state index in [-0.39, 0.29) is 10.6 Å². The van der Waals surface area contributed by atoms with Crippen molar-refractivity contribution in [3.63, 3.8) is 0 Å². The Morgan fingerprint density at radius 2 is 2.17 bits per heavy atom. The Morgan fingerprint density at radius 3 is 2.83 bits per heavy atom. The average molecular weight is 250 g/mol. The third-order valence-corrected chi connectivity index (χ3v) is 3.24. The molecule has 1 aromatic carbocycles. The molecule has 1 fully saturated rings. The predicted molar refractivity (Wildman–Crippen MR) is 68.9 cm³/mol. The van der Waals surface area contributed by atoms with Crippen molar-refractivity contribution < 1.29 is 9.66 Å². The van der Waals surface area contributed by atoms with Crippen molar-refractivity contribution in [2.24, 2.45) is 5.92 Å². The smallest absolute Gasteiger partial charge is 0.311 e. The lowest BCUT2D eigenvalue weighted by Gasteiger charge is -2.22. The van der Waals surface area contributed by atoms with E-state index in [0.29, 0.717) is 18.3 Å². The summed E-state index contributed by atoms with van der Waals surface area (Å²) in [6, 6.07) is 5.08. The molecule has 1 N–H and O–H groups in total. The van der Waals surface area contributed by atoms with Gasteiger partial charge in [-0.2, -0.15) is 0 Å². The summed E-state index contributed by atoms with van der Waals surface area (Å²) < 4.78 is 5.62. The van der Waals surface area contributed by atoms with Crippen molar-refractivity contribution in [3.05, 3.63) is 33.9 Å². The molecule has 1 aliphatic heterocycles. The maximum Gasteiger partial charge on any atom is 0.311 e. The van der Waals surface area contributed by atoms with Crippen LogP contribution in [0.25, 0.3) is 0 Å². The van der Waals surface area contributed by atoms with Gasteiger partial charge in [-0.25, -0.2) is 0 Å². The van der Waals surface area contributed by atoms with Gasteiger partial charge in [-0.15, -0.1) is 0 Å². The highest BCUT2D eigenvalue weighted by Crippen LogP contribution is 2.28. The van der Waals surface area contributed by atoms with Crippen LogP contribution in [-0.2, 0) is 0 Å². The van der Waals surface area contributed by atoms with Gasteiger partial charge in [-0.1, -0.05) is 6.07 Å². The summed E-state index contributed by atoms with van der Waals surface area (Å²) in [5.74, 6) is 0.872. The molecule has 18 heavy (non-hydrogen) atoms. The molecule has 1 heterocycles. The molecule has 0 unspecified atom stereocenters. The number of aryl methyl sites for hydroxylation is 1. The molecule has 1 saturated heterocycles. The highest BCUT2D eigenvalue weighted by Gasteiger charge is 2.18. The van der Waals surface area contributed by atoms with Gasteiger partial charge in [0, 0.05) is 6.07 Å². The zero-order valence-corrected chi connectivity index (χ0v) is 10.5. The van der Waals surface area contributed by atoms with E-state index in [1.807, 2.05) is 13.0 Å². The highest BCUT2D eigenvalue weighted by atomic mass is 16.6. The third-order valence-electron chi connectivity index (χ3n) is 3.24. The standard InChI is InChI=1S/C13H18N2O3/c1-10-2-3-13(12(8-10)15(16)17)18-9-11-4-6-14-7-5-11/h2-3,8,11,14H,4-7,9H2,1H3. The average Bonchev–Trinajstić information content (AvgIpc) is 2.38. The first-order chi connectivity index (χ1) is 8.66. The zero-order valence-electron chi connectivity index (χ0n) is 10.5. The summed E-state index contributed by atoms with van der Waals surface area (Å²) in [7, 11) is 0. The molecule has 0 aliphatic carbocycles. The summed E-state index contributed by atoms with van der Waals surface area (Å²) in [6.07, 6.45) is 2.14. The lowest BCUT2D eigenvalue weighted by atomic mass is 9.99. The van der Waals surface area contributed by atoms with Crippen molar-refractivity contribution in [3.8, 4) is 5.75 Å². The third kappa shape index (κ3) is 3.20. The van der Waals surface area contributed by atoms with Crippen LogP contribution in [-0.4, -0.2) is 24.6 Å². The summed E-state index contributed by atoms with van der Waals surface area (Å²) in [4.78, 5) is 10.6. The van der Waals surface area contributed by atoms with Gasteiger partial charge in [0.15, 0.2) is 5.75 Å². The first-order valence-corrected chi connectivity index (χ1v) is 6.25. The van der Waals surface area contributed by atoms with Gasteiger partial charge in [0.1, 0.15) is 0 Å². The largest absolute Gasteiger partial charge is 0.487 e. The Morgan fingerprint density at radius 1 is 1.44 bits per heavy atom. The first kappa shape index (κ1) is 12.8. The molecule has 0 bridgehead atoms. The topological polar surface area (TPSA) is 64.4 Å². The Kier molecular flexibility index (Phi) is 4.15. The molecule has 5 heteroatoms. The minimum absolute atomic E-state index is 0.0592. The van der Waals surface area contributed by atoms with Crippen LogP contribution in [0.5, 0.6) is 5.75 Å². The molecular formula is C13H18N2O3. The Balaban J connectivity index is 2.01. The zero-order chi connectivity index (χ0) is 13.0. The fraction of sp³-hybridized carbons (Fsp3) is 0.538. The molecule has 0 atom stereocenters. The van der Waals surface area contributed by atoms with Gasteiger partial charge in [0.25, 0.3) is 0 Å². The van der Waals surface area contributed by atoms with Gasteiger partial charge in [0.2, 0.25) is 0 Å². The fourth-order valence-electron chi connectivity index (χ4n) is 2.15. The second-order valence-corrected chi connectivity index (χ2v) is 4.73. The predicted octanol–water partition coefficient (Wildman–Crippen LogP) is 2.28. The summed E-state index contributed by atoms with van der Waals surface area (Å²) in [5, 5.41) is 14.2. The molecule has 1 aliphatic rings. The van der Waals surface area contributed by atoms with Gasteiger partial charge >= 0.3 is 5.69 Å². The van der Waals surface area contributed by atoms with Crippen LogP contribution in [0.3, 0.4) is 0 Å². The van der Waals surface area contributed by atoms with Crippen molar-refractivity contribution in [2.75, 3.05) is 19.7 Å². The molecule has 5 nitrogen and oxygen atoms in total. The van der Waals surface area contributed by atoms with Crippen LogP contribution >= 0.6 is 0 Å². The number of nitro benzene ring substituents is 1. The number of hydrogen-bond donors (Lipinski definition) is 1. The number of ether oxygens (including phenoxy) is 1. The minimum Gasteiger partial charge on any atom is -0.487 e. The molecule has 0 spiro atoms. The summed E-state index contributed by atoms with van der Waals surface area (Å²) in [5.41, 5.74) is 0.930. The van der Waals surface area contributed by atoms with E-state index in [2.05, 4.69) is 5.32 Å². The van der Waals surface area contributed by atoms with Crippen LogP contribution < -0.4 is 10.1 Å². The Hall–Kier alpha value is -1.62. The maximum absolute atomic E-state index is 10.9. The SMILES string of the molecule is Cc1ccc(OCC2CCNCC2)c([N+](=O)[O-])c1. The lowest BCUT2D eigenvalue weighted by Crippen LogP contribution is -2.30. The van der Waals surface area contributed by atoms with Gasteiger partial charge in [-0.3, -0.25) is 10.1 Å². The molecule has 0 aromatic heterocycles. The van der Waals surface area contributed by atoms with E-state index in [1.165, 1.54) is 0 Å². The molecule has 0 amide bonds. The van der Waals surface area contributed by atoms with Gasteiger partial charge < -0.3 is 10.1 Å².